The van der Waals surface area contributed by atoms with E-state index in [0.717, 1.165) is 24.1 Å². The zero-order valence-corrected chi connectivity index (χ0v) is 15.4. The maximum absolute atomic E-state index is 13.2. The lowest BCUT2D eigenvalue weighted by Crippen LogP contribution is -2.29. The fraction of sp³-hybridized carbons (Fsp3) is 0.300. The summed E-state index contributed by atoms with van der Waals surface area (Å²) >= 11 is 0. The molecule has 1 N–H and O–H groups in total. The Bertz CT molecular complexity index is 889. The Hall–Kier alpha value is -3.09. The van der Waals surface area contributed by atoms with Crippen molar-refractivity contribution in [2.75, 3.05) is 5.32 Å². The maximum Gasteiger partial charge on any atom is 0.249 e. The number of tetrazole rings is 1. The van der Waals surface area contributed by atoms with Crippen LogP contribution in [0.15, 0.2) is 48.5 Å². The summed E-state index contributed by atoms with van der Waals surface area (Å²) in [6.45, 7) is 3.87. The second-order valence-electron chi connectivity index (χ2n) is 6.45. The van der Waals surface area contributed by atoms with Crippen molar-refractivity contribution < 1.29 is 9.18 Å². The molecule has 140 valence electrons. The van der Waals surface area contributed by atoms with Crippen LogP contribution in [0, 0.1) is 12.7 Å². The second-order valence-corrected chi connectivity index (χ2v) is 6.45. The molecule has 1 unspecified atom stereocenters. The van der Waals surface area contributed by atoms with Gasteiger partial charge in [-0.3, -0.25) is 4.79 Å². The Kier molecular flexibility index (Phi) is 5.90. The first kappa shape index (κ1) is 18.7. The summed E-state index contributed by atoms with van der Waals surface area (Å²) in [6, 6.07) is 13.2. The highest BCUT2D eigenvalue weighted by molar-refractivity contribution is 5.93. The molecule has 1 atom stereocenters. The lowest BCUT2D eigenvalue weighted by atomic mass is 10.0. The SMILES string of the molecule is CCCc1ccc(NC(=O)C(Cc2ccc(F)cc2)n2nnnc2C)cc1. The Morgan fingerprint density at radius 3 is 2.37 bits per heavy atom. The normalized spacial score (nSPS) is 12.0. The first-order valence-electron chi connectivity index (χ1n) is 8.95. The third-order valence-corrected chi connectivity index (χ3v) is 4.36. The molecule has 1 amide bonds. The Morgan fingerprint density at radius 1 is 1.11 bits per heavy atom. The van der Waals surface area contributed by atoms with Gasteiger partial charge in [0.15, 0.2) is 0 Å². The molecule has 2 aromatic carbocycles. The van der Waals surface area contributed by atoms with Gasteiger partial charge in [-0.2, -0.15) is 0 Å². The minimum Gasteiger partial charge on any atom is -0.324 e. The van der Waals surface area contributed by atoms with Crippen LogP contribution >= 0.6 is 0 Å². The molecule has 6 nitrogen and oxygen atoms in total. The van der Waals surface area contributed by atoms with Crippen LogP contribution in [-0.2, 0) is 17.6 Å². The highest BCUT2D eigenvalue weighted by atomic mass is 19.1. The van der Waals surface area contributed by atoms with Gasteiger partial charge in [0.25, 0.3) is 0 Å². The number of carbonyl (C=O) groups is 1. The molecular weight excluding hydrogens is 345 g/mol. The summed E-state index contributed by atoms with van der Waals surface area (Å²) in [5.41, 5.74) is 2.77. The number of nitrogens with zero attached hydrogens (tertiary/aromatic N) is 4. The molecule has 0 fully saturated rings. The maximum atomic E-state index is 13.2. The van der Waals surface area contributed by atoms with Crippen molar-refractivity contribution in [2.24, 2.45) is 0 Å². The van der Waals surface area contributed by atoms with Gasteiger partial charge in [0, 0.05) is 12.1 Å². The summed E-state index contributed by atoms with van der Waals surface area (Å²) < 4.78 is 14.7. The van der Waals surface area contributed by atoms with E-state index in [9.17, 15) is 9.18 Å². The quantitative estimate of drug-likeness (QED) is 0.694. The lowest BCUT2D eigenvalue weighted by molar-refractivity contribution is -0.119. The van der Waals surface area contributed by atoms with Crippen LogP contribution in [0.3, 0.4) is 0 Å². The Balaban J connectivity index is 1.80. The number of aryl methyl sites for hydroxylation is 2. The number of nitrogens with one attached hydrogen (secondary N) is 1. The van der Waals surface area contributed by atoms with Crippen LogP contribution < -0.4 is 5.32 Å². The van der Waals surface area contributed by atoms with E-state index in [-0.39, 0.29) is 11.7 Å². The van der Waals surface area contributed by atoms with Gasteiger partial charge in [0.2, 0.25) is 5.91 Å². The summed E-state index contributed by atoms with van der Waals surface area (Å²) in [7, 11) is 0. The molecule has 3 aromatic rings. The lowest BCUT2D eigenvalue weighted by Gasteiger charge is -2.18. The number of aromatic nitrogens is 4. The second kappa shape index (κ2) is 8.53. The van der Waals surface area contributed by atoms with E-state index in [4.69, 9.17) is 0 Å². The number of carbonyl (C=O) groups excluding carboxylic acids is 1. The van der Waals surface area contributed by atoms with Crippen molar-refractivity contribution in [1.82, 2.24) is 20.2 Å². The van der Waals surface area contributed by atoms with Crippen molar-refractivity contribution in [1.29, 1.82) is 0 Å². The van der Waals surface area contributed by atoms with Gasteiger partial charge in [-0.05, 0) is 59.2 Å². The van der Waals surface area contributed by atoms with Crippen LogP contribution in [0.4, 0.5) is 10.1 Å². The molecule has 0 radical (unpaired) electrons. The molecule has 0 aliphatic carbocycles. The van der Waals surface area contributed by atoms with Crippen LogP contribution in [-0.4, -0.2) is 26.1 Å². The monoisotopic (exact) mass is 367 g/mol. The predicted molar refractivity (Wildman–Crippen MR) is 101 cm³/mol. The van der Waals surface area contributed by atoms with E-state index >= 15 is 0 Å². The molecular formula is C20H22FN5O. The molecule has 0 bridgehead atoms. The molecule has 0 saturated heterocycles. The average molecular weight is 367 g/mol. The molecule has 1 heterocycles. The fourth-order valence-electron chi connectivity index (χ4n) is 2.93. The minimum absolute atomic E-state index is 0.224. The van der Waals surface area contributed by atoms with Gasteiger partial charge in [-0.15, -0.1) is 5.10 Å². The van der Waals surface area contributed by atoms with Gasteiger partial charge < -0.3 is 5.32 Å². The number of hydrogen-bond acceptors (Lipinski definition) is 4. The van der Waals surface area contributed by atoms with Crippen molar-refractivity contribution in [3.05, 3.63) is 71.3 Å². The summed E-state index contributed by atoms with van der Waals surface area (Å²) in [5, 5.41) is 14.4. The largest absolute Gasteiger partial charge is 0.324 e. The number of benzene rings is 2. The number of hydrogen-bond donors (Lipinski definition) is 1. The topological polar surface area (TPSA) is 72.7 Å². The zero-order chi connectivity index (χ0) is 19.2. The summed E-state index contributed by atoms with van der Waals surface area (Å²) in [4.78, 5) is 12.9. The molecule has 7 heteroatoms. The predicted octanol–water partition coefficient (Wildman–Crippen LogP) is 3.50. The van der Waals surface area contributed by atoms with Gasteiger partial charge >= 0.3 is 0 Å². The van der Waals surface area contributed by atoms with Gasteiger partial charge in [0.05, 0.1) is 0 Å². The van der Waals surface area contributed by atoms with Gasteiger partial charge in [0.1, 0.15) is 17.7 Å². The van der Waals surface area contributed by atoms with E-state index in [2.05, 4.69) is 27.8 Å². The van der Waals surface area contributed by atoms with E-state index in [1.165, 1.54) is 22.4 Å². The summed E-state index contributed by atoms with van der Waals surface area (Å²) in [5.74, 6) is -0.000884. The highest BCUT2D eigenvalue weighted by Crippen LogP contribution is 2.19. The van der Waals surface area contributed by atoms with Gasteiger partial charge in [-0.25, -0.2) is 9.07 Å². The number of rotatable bonds is 7. The molecule has 0 aliphatic heterocycles. The van der Waals surface area contributed by atoms with Crippen LogP contribution in [0.25, 0.3) is 0 Å². The average Bonchev–Trinajstić information content (AvgIpc) is 3.08. The third kappa shape index (κ3) is 4.75. The molecule has 0 aliphatic rings. The third-order valence-electron chi connectivity index (χ3n) is 4.36. The number of halogens is 1. The van der Waals surface area contributed by atoms with E-state index in [0.29, 0.717) is 12.2 Å². The zero-order valence-electron chi connectivity index (χ0n) is 15.4. The molecule has 1 aromatic heterocycles. The van der Waals surface area contributed by atoms with Crippen molar-refractivity contribution in [3.63, 3.8) is 0 Å². The van der Waals surface area contributed by atoms with Crippen molar-refractivity contribution >= 4 is 11.6 Å². The Morgan fingerprint density at radius 2 is 1.78 bits per heavy atom. The molecule has 0 saturated carbocycles. The first-order chi connectivity index (χ1) is 13.1. The van der Waals surface area contributed by atoms with E-state index < -0.39 is 6.04 Å². The molecule has 0 spiro atoms. The smallest absolute Gasteiger partial charge is 0.249 e. The summed E-state index contributed by atoms with van der Waals surface area (Å²) in [6.07, 6.45) is 2.43. The minimum atomic E-state index is -0.638. The van der Waals surface area contributed by atoms with Crippen molar-refractivity contribution in [2.45, 2.75) is 39.2 Å². The molecule has 3 rings (SSSR count). The van der Waals surface area contributed by atoms with Crippen LogP contribution in [0.1, 0.15) is 36.3 Å². The van der Waals surface area contributed by atoms with Gasteiger partial charge in [-0.1, -0.05) is 37.6 Å². The van der Waals surface area contributed by atoms with Crippen LogP contribution in [0.5, 0.6) is 0 Å². The molecule has 27 heavy (non-hydrogen) atoms. The number of amides is 1. The van der Waals surface area contributed by atoms with Crippen LogP contribution in [0.2, 0.25) is 0 Å². The Labute approximate surface area is 157 Å². The van der Waals surface area contributed by atoms with Crippen molar-refractivity contribution in [3.8, 4) is 0 Å². The number of anilines is 1. The highest BCUT2D eigenvalue weighted by Gasteiger charge is 2.24. The van der Waals surface area contributed by atoms with E-state index in [1.54, 1.807) is 19.1 Å². The fourth-order valence-corrected chi connectivity index (χ4v) is 2.93. The first-order valence-corrected chi connectivity index (χ1v) is 8.95. The standard InChI is InChI=1S/C20H22FN5O/c1-3-4-15-7-11-18(12-8-15)22-20(27)19(26-14(2)23-24-25-26)13-16-5-9-17(21)10-6-16/h5-12,19H,3-4,13H2,1-2H3,(H,22,27). The van der Waals surface area contributed by atoms with E-state index in [1.807, 2.05) is 24.3 Å².